The van der Waals surface area contributed by atoms with E-state index in [0.29, 0.717) is 25.2 Å². The topological polar surface area (TPSA) is 76.0 Å². The fraction of sp³-hybridized carbons (Fsp3) is 0.643. The van der Waals surface area contributed by atoms with Crippen LogP contribution in [0.3, 0.4) is 0 Å². The van der Waals surface area contributed by atoms with Gasteiger partial charge < -0.3 is 10.6 Å². The lowest BCUT2D eigenvalue weighted by molar-refractivity contribution is -0.121. The highest BCUT2D eigenvalue weighted by Crippen LogP contribution is 2.15. The number of anilines is 1. The van der Waals surface area contributed by atoms with Crippen LogP contribution in [0, 0.1) is 0 Å². The zero-order chi connectivity index (χ0) is 15.8. The molecule has 0 radical (unpaired) electrons. The summed E-state index contributed by atoms with van der Waals surface area (Å²) in [6.07, 6.45) is 3.54. The summed E-state index contributed by atoms with van der Waals surface area (Å²) in [6, 6.07) is 0.167. The molecule has 0 aliphatic heterocycles. The summed E-state index contributed by atoms with van der Waals surface area (Å²) in [5.41, 5.74) is 0.151. The Labute approximate surface area is 129 Å². The quantitative estimate of drug-likeness (QED) is 0.769. The van der Waals surface area contributed by atoms with Crippen LogP contribution in [0.25, 0.3) is 0 Å². The number of rotatable bonds is 8. The molecule has 21 heavy (non-hydrogen) atoms. The molecule has 7 heteroatoms. The van der Waals surface area contributed by atoms with Gasteiger partial charge in [-0.15, -0.1) is 0 Å². The molecule has 2 N–H and O–H groups in total. The Hall–Kier alpha value is -1.56. The molecule has 0 bridgehead atoms. The Balaban J connectivity index is 2.55. The molecule has 1 rings (SSSR count). The number of aromatic nitrogens is 2. The molecule has 1 atom stereocenters. The number of hydrogen-bond acceptors (Lipinski definition) is 4. The van der Waals surface area contributed by atoms with Crippen LogP contribution in [0.2, 0.25) is 5.02 Å². The van der Waals surface area contributed by atoms with Gasteiger partial charge in [0.25, 0.3) is 5.56 Å². The standard InChI is InChI=1S/C14H23ClN4O2/c1-4-8-19-14(21)13(15)11(9-17-19)16-7-6-12(20)18-10(3)5-2/h9-10,16H,4-8H2,1-3H3,(H,18,20). The first-order valence-electron chi connectivity index (χ1n) is 7.28. The molecule has 1 aromatic heterocycles. The minimum Gasteiger partial charge on any atom is -0.382 e. The van der Waals surface area contributed by atoms with Crippen LogP contribution in [-0.2, 0) is 11.3 Å². The predicted octanol–water partition coefficient (Wildman–Crippen LogP) is 2.02. The Kier molecular flexibility index (Phi) is 7.22. The summed E-state index contributed by atoms with van der Waals surface area (Å²) in [7, 11) is 0. The lowest BCUT2D eigenvalue weighted by atomic mass is 10.2. The molecule has 0 saturated carbocycles. The van der Waals surface area contributed by atoms with Gasteiger partial charge in [0.15, 0.2) is 0 Å². The third-order valence-electron chi connectivity index (χ3n) is 3.11. The summed E-state index contributed by atoms with van der Waals surface area (Å²) in [5, 5.41) is 10.0. The van der Waals surface area contributed by atoms with E-state index < -0.39 is 0 Å². The highest BCUT2D eigenvalue weighted by atomic mass is 35.5. The zero-order valence-electron chi connectivity index (χ0n) is 12.8. The van der Waals surface area contributed by atoms with Gasteiger partial charge in [-0.3, -0.25) is 9.59 Å². The lowest BCUT2D eigenvalue weighted by Gasteiger charge is -2.12. The van der Waals surface area contributed by atoms with Gasteiger partial charge in [0, 0.05) is 25.6 Å². The smallest absolute Gasteiger partial charge is 0.287 e. The first-order chi connectivity index (χ1) is 9.99. The average molecular weight is 315 g/mol. The van der Waals surface area contributed by atoms with Gasteiger partial charge in [-0.25, -0.2) is 4.68 Å². The molecule has 6 nitrogen and oxygen atoms in total. The van der Waals surface area contributed by atoms with E-state index in [1.807, 2.05) is 20.8 Å². The molecule has 0 fully saturated rings. The van der Waals surface area contributed by atoms with Crippen LogP contribution in [0.4, 0.5) is 5.69 Å². The molecule has 0 saturated heterocycles. The maximum Gasteiger partial charge on any atom is 0.287 e. The number of nitrogens with one attached hydrogen (secondary N) is 2. The lowest BCUT2D eigenvalue weighted by Crippen LogP contribution is -2.33. The summed E-state index contributed by atoms with van der Waals surface area (Å²) < 4.78 is 1.34. The van der Waals surface area contributed by atoms with Gasteiger partial charge >= 0.3 is 0 Å². The number of hydrogen-bond donors (Lipinski definition) is 2. The second-order valence-electron chi connectivity index (χ2n) is 4.95. The van der Waals surface area contributed by atoms with Crippen LogP contribution in [0.1, 0.15) is 40.0 Å². The van der Waals surface area contributed by atoms with Crippen molar-refractivity contribution in [1.82, 2.24) is 15.1 Å². The van der Waals surface area contributed by atoms with Gasteiger partial charge in [0.1, 0.15) is 5.02 Å². The molecule has 1 amide bonds. The van der Waals surface area contributed by atoms with Gasteiger partial charge in [-0.1, -0.05) is 25.4 Å². The van der Waals surface area contributed by atoms with Gasteiger partial charge in [0.05, 0.1) is 11.9 Å². The molecule has 1 unspecified atom stereocenters. The van der Waals surface area contributed by atoms with Crippen molar-refractivity contribution >= 4 is 23.2 Å². The molecular formula is C14H23ClN4O2. The summed E-state index contributed by atoms with van der Waals surface area (Å²) in [4.78, 5) is 23.5. The van der Waals surface area contributed by atoms with Crippen molar-refractivity contribution in [3.8, 4) is 0 Å². The largest absolute Gasteiger partial charge is 0.382 e. The van der Waals surface area contributed by atoms with Crippen molar-refractivity contribution in [2.75, 3.05) is 11.9 Å². The third kappa shape index (κ3) is 5.38. The monoisotopic (exact) mass is 314 g/mol. The average Bonchev–Trinajstić information content (AvgIpc) is 2.46. The Morgan fingerprint density at radius 3 is 2.81 bits per heavy atom. The van der Waals surface area contributed by atoms with Crippen molar-refractivity contribution in [2.24, 2.45) is 0 Å². The zero-order valence-corrected chi connectivity index (χ0v) is 13.5. The molecule has 0 spiro atoms. The van der Waals surface area contributed by atoms with Crippen LogP contribution >= 0.6 is 11.6 Å². The van der Waals surface area contributed by atoms with E-state index in [2.05, 4.69) is 15.7 Å². The second-order valence-corrected chi connectivity index (χ2v) is 5.33. The normalized spacial score (nSPS) is 12.0. The van der Waals surface area contributed by atoms with Gasteiger partial charge in [0.2, 0.25) is 5.91 Å². The number of amides is 1. The highest BCUT2D eigenvalue weighted by molar-refractivity contribution is 6.32. The van der Waals surface area contributed by atoms with E-state index in [4.69, 9.17) is 11.6 Å². The van der Waals surface area contributed by atoms with E-state index in [-0.39, 0.29) is 22.5 Å². The Bertz CT molecular complexity index is 530. The minimum atomic E-state index is -0.312. The minimum absolute atomic E-state index is 0.0275. The molecular weight excluding hydrogens is 292 g/mol. The maximum absolute atomic E-state index is 11.9. The highest BCUT2D eigenvalue weighted by Gasteiger charge is 2.10. The van der Waals surface area contributed by atoms with E-state index in [0.717, 1.165) is 12.8 Å². The number of nitrogens with zero attached hydrogens (tertiary/aromatic N) is 2. The summed E-state index contributed by atoms with van der Waals surface area (Å²) in [6.45, 7) is 6.88. The molecule has 0 aromatic carbocycles. The SMILES string of the molecule is CCCn1ncc(NCCC(=O)NC(C)CC)c(Cl)c1=O. The maximum atomic E-state index is 11.9. The number of halogens is 1. The summed E-state index contributed by atoms with van der Waals surface area (Å²) >= 11 is 6.02. The number of aryl methyl sites for hydroxylation is 1. The van der Waals surface area contributed by atoms with Crippen molar-refractivity contribution < 1.29 is 4.79 Å². The van der Waals surface area contributed by atoms with E-state index in [1.165, 1.54) is 10.9 Å². The van der Waals surface area contributed by atoms with Crippen LogP contribution in [0.5, 0.6) is 0 Å². The first kappa shape index (κ1) is 17.5. The van der Waals surface area contributed by atoms with Crippen molar-refractivity contribution in [3.05, 3.63) is 21.6 Å². The Morgan fingerprint density at radius 1 is 1.48 bits per heavy atom. The van der Waals surface area contributed by atoms with Crippen LogP contribution < -0.4 is 16.2 Å². The molecule has 1 aromatic rings. The molecule has 1 heterocycles. The summed E-state index contributed by atoms with van der Waals surface area (Å²) in [5.74, 6) is -0.0275. The van der Waals surface area contributed by atoms with Crippen LogP contribution in [-0.4, -0.2) is 28.3 Å². The van der Waals surface area contributed by atoms with Crippen molar-refractivity contribution in [1.29, 1.82) is 0 Å². The number of carbonyl (C=O) groups is 1. The van der Waals surface area contributed by atoms with E-state index in [9.17, 15) is 9.59 Å². The fourth-order valence-corrected chi connectivity index (χ4v) is 1.93. The van der Waals surface area contributed by atoms with E-state index in [1.54, 1.807) is 0 Å². The fourth-order valence-electron chi connectivity index (χ4n) is 1.72. The van der Waals surface area contributed by atoms with Crippen molar-refractivity contribution in [2.45, 2.75) is 52.6 Å². The van der Waals surface area contributed by atoms with Gasteiger partial charge in [-0.05, 0) is 19.8 Å². The number of carbonyl (C=O) groups excluding carboxylic acids is 1. The molecule has 0 aliphatic rings. The predicted molar refractivity (Wildman–Crippen MR) is 84.8 cm³/mol. The van der Waals surface area contributed by atoms with Crippen molar-refractivity contribution in [3.63, 3.8) is 0 Å². The molecule has 0 aliphatic carbocycles. The molecule has 118 valence electrons. The first-order valence-corrected chi connectivity index (χ1v) is 7.66. The second kappa shape index (κ2) is 8.67. The van der Waals surface area contributed by atoms with E-state index >= 15 is 0 Å². The van der Waals surface area contributed by atoms with Crippen LogP contribution in [0.15, 0.2) is 11.0 Å². The van der Waals surface area contributed by atoms with Gasteiger partial charge in [-0.2, -0.15) is 5.10 Å². The third-order valence-corrected chi connectivity index (χ3v) is 3.47. The Morgan fingerprint density at radius 2 is 2.19 bits per heavy atom.